The van der Waals surface area contributed by atoms with Crippen molar-refractivity contribution in [2.75, 3.05) is 14.2 Å². The Balaban J connectivity index is 3.20. The van der Waals surface area contributed by atoms with Gasteiger partial charge in [0.05, 0.1) is 14.2 Å². The van der Waals surface area contributed by atoms with Gasteiger partial charge in [-0.3, -0.25) is 0 Å². The fourth-order valence-electron chi connectivity index (χ4n) is 1.16. The maximum Gasteiger partial charge on any atom is 0.221 e. The maximum atomic E-state index is 5.56. The van der Waals surface area contributed by atoms with Crippen LogP contribution in [0.2, 0.25) is 0 Å². The molecule has 0 bridgehead atoms. The van der Waals surface area contributed by atoms with Gasteiger partial charge in [-0.05, 0) is 12.5 Å². The van der Waals surface area contributed by atoms with Crippen molar-refractivity contribution in [2.45, 2.75) is 13.5 Å². The highest BCUT2D eigenvalue weighted by Gasteiger charge is 2.08. The minimum absolute atomic E-state index is 0.423. The molecule has 0 atom stereocenters. The molecule has 0 radical (unpaired) electrons. The van der Waals surface area contributed by atoms with Crippen LogP contribution in [0.15, 0.2) is 6.07 Å². The Kier molecular flexibility index (Phi) is 3.08. The molecule has 0 fully saturated rings. The van der Waals surface area contributed by atoms with Crippen LogP contribution in [0.1, 0.15) is 11.1 Å². The van der Waals surface area contributed by atoms with Crippen LogP contribution in [0.25, 0.3) is 0 Å². The van der Waals surface area contributed by atoms with E-state index in [0.29, 0.717) is 18.3 Å². The minimum atomic E-state index is 0.423. The van der Waals surface area contributed by atoms with E-state index in [1.54, 1.807) is 14.2 Å². The van der Waals surface area contributed by atoms with E-state index < -0.39 is 0 Å². The zero-order valence-electron chi connectivity index (χ0n) is 8.13. The number of ether oxygens (including phenoxy) is 2. The van der Waals surface area contributed by atoms with Crippen molar-refractivity contribution in [2.24, 2.45) is 5.73 Å². The van der Waals surface area contributed by atoms with Gasteiger partial charge in [0.2, 0.25) is 11.8 Å². The number of hydrogen-bond donors (Lipinski definition) is 1. The third-order valence-electron chi connectivity index (χ3n) is 1.89. The molecule has 0 unspecified atom stereocenters. The largest absolute Gasteiger partial charge is 0.481 e. The third kappa shape index (κ3) is 1.89. The van der Waals surface area contributed by atoms with Gasteiger partial charge >= 0.3 is 0 Å². The van der Waals surface area contributed by atoms with Gasteiger partial charge in [0.25, 0.3) is 0 Å². The second-order valence-corrected chi connectivity index (χ2v) is 2.67. The minimum Gasteiger partial charge on any atom is -0.481 e. The van der Waals surface area contributed by atoms with Gasteiger partial charge in [-0.1, -0.05) is 0 Å². The van der Waals surface area contributed by atoms with Crippen molar-refractivity contribution in [3.8, 4) is 11.8 Å². The van der Waals surface area contributed by atoms with Crippen LogP contribution in [0.5, 0.6) is 11.8 Å². The second kappa shape index (κ2) is 4.09. The molecule has 4 nitrogen and oxygen atoms in total. The highest BCUT2D eigenvalue weighted by atomic mass is 16.5. The van der Waals surface area contributed by atoms with Crippen molar-refractivity contribution in [3.63, 3.8) is 0 Å². The summed E-state index contributed by atoms with van der Waals surface area (Å²) < 4.78 is 10.1. The number of nitrogens with zero attached hydrogens (tertiary/aromatic N) is 1. The van der Waals surface area contributed by atoms with Crippen LogP contribution in [-0.2, 0) is 6.54 Å². The quantitative estimate of drug-likeness (QED) is 0.753. The van der Waals surface area contributed by atoms with E-state index in [4.69, 9.17) is 15.2 Å². The van der Waals surface area contributed by atoms with Gasteiger partial charge < -0.3 is 15.2 Å². The Labute approximate surface area is 77.7 Å². The molecule has 2 N–H and O–H groups in total. The third-order valence-corrected chi connectivity index (χ3v) is 1.89. The molecule has 0 aliphatic rings. The summed E-state index contributed by atoms with van der Waals surface area (Å²) in [5.41, 5.74) is 7.51. The lowest BCUT2D eigenvalue weighted by molar-refractivity contribution is 0.360. The Morgan fingerprint density at radius 2 is 2.08 bits per heavy atom. The van der Waals surface area contributed by atoms with Gasteiger partial charge in [-0.2, -0.15) is 4.98 Å². The first-order chi connectivity index (χ1) is 6.22. The average Bonchev–Trinajstić information content (AvgIpc) is 2.16. The van der Waals surface area contributed by atoms with Crippen molar-refractivity contribution >= 4 is 0 Å². The van der Waals surface area contributed by atoms with Crippen molar-refractivity contribution in [3.05, 3.63) is 17.2 Å². The van der Waals surface area contributed by atoms with E-state index in [2.05, 4.69) is 4.98 Å². The molecule has 1 heterocycles. The summed E-state index contributed by atoms with van der Waals surface area (Å²) in [5, 5.41) is 0. The fourth-order valence-corrected chi connectivity index (χ4v) is 1.16. The monoisotopic (exact) mass is 182 g/mol. The first-order valence-corrected chi connectivity index (χ1v) is 4.01. The lowest BCUT2D eigenvalue weighted by Crippen LogP contribution is -2.05. The van der Waals surface area contributed by atoms with Gasteiger partial charge in [-0.15, -0.1) is 0 Å². The molecule has 1 rings (SSSR count). The van der Waals surface area contributed by atoms with E-state index in [0.717, 1.165) is 11.1 Å². The van der Waals surface area contributed by atoms with Crippen LogP contribution < -0.4 is 15.2 Å². The Morgan fingerprint density at radius 3 is 2.54 bits per heavy atom. The van der Waals surface area contributed by atoms with Crippen LogP contribution in [0, 0.1) is 6.92 Å². The molecule has 13 heavy (non-hydrogen) atoms. The molecule has 0 spiro atoms. The predicted molar refractivity (Wildman–Crippen MR) is 50.0 cm³/mol. The molecule has 1 aromatic rings. The number of nitrogens with two attached hydrogens (primary N) is 1. The highest BCUT2D eigenvalue weighted by Crippen LogP contribution is 2.23. The van der Waals surface area contributed by atoms with Crippen LogP contribution in [-0.4, -0.2) is 19.2 Å². The molecular weight excluding hydrogens is 168 g/mol. The molecule has 72 valence electrons. The molecule has 0 saturated heterocycles. The summed E-state index contributed by atoms with van der Waals surface area (Å²) >= 11 is 0. The van der Waals surface area contributed by atoms with E-state index >= 15 is 0 Å². The van der Waals surface area contributed by atoms with Crippen molar-refractivity contribution in [1.29, 1.82) is 0 Å². The SMILES string of the molecule is COc1cc(C)c(CN)c(OC)n1. The van der Waals surface area contributed by atoms with Gasteiger partial charge in [0.15, 0.2) is 0 Å². The molecule has 0 amide bonds. The normalized spacial score (nSPS) is 9.85. The lowest BCUT2D eigenvalue weighted by atomic mass is 10.1. The number of aromatic nitrogens is 1. The zero-order chi connectivity index (χ0) is 9.84. The first kappa shape index (κ1) is 9.80. The van der Waals surface area contributed by atoms with Gasteiger partial charge in [0.1, 0.15) is 0 Å². The number of hydrogen-bond acceptors (Lipinski definition) is 4. The summed E-state index contributed by atoms with van der Waals surface area (Å²) in [6.07, 6.45) is 0. The summed E-state index contributed by atoms with van der Waals surface area (Å²) in [6, 6.07) is 1.84. The number of rotatable bonds is 3. The van der Waals surface area contributed by atoms with E-state index in [1.807, 2.05) is 13.0 Å². The molecule has 0 aliphatic carbocycles. The summed E-state index contributed by atoms with van der Waals surface area (Å²) in [4.78, 5) is 4.12. The van der Waals surface area contributed by atoms with E-state index in [-0.39, 0.29) is 0 Å². The molecular formula is C9H14N2O2. The summed E-state index contributed by atoms with van der Waals surface area (Å²) in [6.45, 7) is 2.38. The maximum absolute atomic E-state index is 5.56. The average molecular weight is 182 g/mol. The van der Waals surface area contributed by atoms with Crippen LogP contribution in [0.4, 0.5) is 0 Å². The van der Waals surface area contributed by atoms with Crippen molar-refractivity contribution in [1.82, 2.24) is 4.98 Å². The van der Waals surface area contributed by atoms with Gasteiger partial charge in [0, 0.05) is 18.2 Å². The summed E-state index contributed by atoms with van der Waals surface area (Å²) in [5.74, 6) is 1.09. The second-order valence-electron chi connectivity index (χ2n) is 2.67. The lowest BCUT2D eigenvalue weighted by Gasteiger charge is -2.10. The van der Waals surface area contributed by atoms with E-state index in [9.17, 15) is 0 Å². The Bertz CT molecular complexity index is 300. The first-order valence-electron chi connectivity index (χ1n) is 4.01. The Hall–Kier alpha value is -1.29. The number of pyridine rings is 1. The molecule has 1 aromatic heterocycles. The van der Waals surface area contributed by atoms with Crippen molar-refractivity contribution < 1.29 is 9.47 Å². The standard InChI is InChI=1S/C9H14N2O2/c1-6-4-8(12-2)11-9(13-3)7(6)5-10/h4H,5,10H2,1-3H3. The van der Waals surface area contributed by atoms with Crippen LogP contribution in [0.3, 0.4) is 0 Å². The smallest absolute Gasteiger partial charge is 0.221 e. The molecule has 0 aliphatic heterocycles. The number of methoxy groups -OCH3 is 2. The molecule has 0 aromatic carbocycles. The van der Waals surface area contributed by atoms with Crippen LogP contribution >= 0.6 is 0 Å². The summed E-state index contributed by atoms with van der Waals surface area (Å²) in [7, 11) is 3.14. The topological polar surface area (TPSA) is 57.4 Å². The molecule has 4 heteroatoms. The Morgan fingerprint density at radius 1 is 1.38 bits per heavy atom. The van der Waals surface area contributed by atoms with E-state index in [1.165, 1.54) is 0 Å². The fraction of sp³-hybridized carbons (Fsp3) is 0.444. The zero-order valence-corrected chi connectivity index (χ0v) is 8.13. The highest BCUT2D eigenvalue weighted by molar-refractivity contribution is 5.37. The molecule has 0 saturated carbocycles. The van der Waals surface area contributed by atoms with Gasteiger partial charge in [-0.25, -0.2) is 0 Å². The predicted octanol–water partition coefficient (Wildman–Crippen LogP) is 0.866. The number of aryl methyl sites for hydroxylation is 1.